The third-order valence-electron chi connectivity index (χ3n) is 5.68. The third-order valence-corrected chi connectivity index (χ3v) is 5.68. The quantitative estimate of drug-likeness (QED) is 0.103. The fourth-order valence-corrected chi connectivity index (χ4v) is 3.70. The fraction of sp³-hybridized carbons (Fsp3) is 0.793. The van der Waals surface area contributed by atoms with E-state index >= 15 is 0 Å². The van der Waals surface area contributed by atoms with Crippen LogP contribution in [0.1, 0.15) is 129 Å². The molecule has 0 N–H and O–H groups in total. The summed E-state index contributed by atoms with van der Waals surface area (Å²) in [6, 6.07) is 0. The zero-order valence-electron chi connectivity index (χ0n) is 20.6. The van der Waals surface area contributed by atoms with E-state index in [0.29, 0.717) is 0 Å². The van der Waals surface area contributed by atoms with Crippen LogP contribution in [0.2, 0.25) is 0 Å². The molecule has 172 valence electrons. The van der Waals surface area contributed by atoms with Gasteiger partial charge in [0.1, 0.15) is 0 Å². The van der Waals surface area contributed by atoms with Gasteiger partial charge >= 0.3 is 0 Å². The van der Waals surface area contributed by atoms with Gasteiger partial charge in [-0.05, 0) is 44.7 Å². The van der Waals surface area contributed by atoms with Crippen molar-refractivity contribution in [3.63, 3.8) is 0 Å². The van der Waals surface area contributed by atoms with E-state index in [1.54, 1.807) is 0 Å². The predicted octanol–water partition coefficient (Wildman–Crippen LogP) is 8.54. The summed E-state index contributed by atoms with van der Waals surface area (Å²) < 4.78 is 0. The van der Waals surface area contributed by atoms with Crippen molar-refractivity contribution >= 4 is 0 Å². The molecule has 30 heavy (non-hydrogen) atoms. The second kappa shape index (κ2) is 25.9. The van der Waals surface area contributed by atoms with Gasteiger partial charge in [0.15, 0.2) is 0 Å². The van der Waals surface area contributed by atoms with Gasteiger partial charge in [0.2, 0.25) is 0 Å². The molecule has 0 aromatic carbocycles. The minimum Gasteiger partial charge on any atom is -0.303 e. The Hall–Kier alpha value is -1.18. The maximum Gasteiger partial charge on any atom is 0.0157 e. The number of likely N-dealkylation sites (N-methyl/N-ethyl adjacent to an activating group) is 1. The van der Waals surface area contributed by atoms with Crippen LogP contribution in [0.15, 0.2) is 12.7 Å². The average molecular weight is 414 g/mol. The van der Waals surface area contributed by atoms with Gasteiger partial charge in [-0.25, -0.2) is 0 Å². The first-order valence-corrected chi connectivity index (χ1v) is 13.1. The maximum absolute atomic E-state index is 3.78. The molecule has 0 heterocycles. The molecule has 0 radical (unpaired) electrons. The average Bonchev–Trinajstić information content (AvgIpc) is 2.74. The fourth-order valence-electron chi connectivity index (χ4n) is 3.70. The molecule has 0 aromatic rings. The lowest BCUT2D eigenvalue weighted by molar-refractivity contribution is 0.356. The molecule has 0 saturated carbocycles. The topological polar surface area (TPSA) is 3.24 Å². The van der Waals surface area contributed by atoms with Crippen LogP contribution in [0.4, 0.5) is 0 Å². The van der Waals surface area contributed by atoms with Gasteiger partial charge in [-0.3, -0.25) is 0 Å². The largest absolute Gasteiger partial charge is 0.303 e. The smallest absolute Gasteiger partial charge is 0.0157 e. The Morgan fingerprint density at radius 3 is 1.43 bits per heavy atom. The number of hydrogen-bond acceptors (Lipinski definition) is 1. The monoisotopic (exact) mass is 413 g/mol. The molecule has 0 bridgehead atoms. The standard InChI is InChI=1S/C29H51N/c1-4-6-7-8-9-10-11-12-13-14-15-16-17-18-19-20-21-22-23-24-25-26-27-29-30(3)28-5-2/h5H,2,4,6-15,20-29H2,1,3H3. The summed E-state index contributed by atoms with van der Waals surface area (Å²) >= 11 is 0. The molecule has 1 nitrogen and oxygen atoms in total. The van der Waals surface area contributed by atoms with Crippen molar-refractivity contribution in [2.45, 2.75) is 129 Å². The Morgan fingerprint density at radius 2 is 1.00 bits per heavy atom. The first-order valence-electron chi connectivity index (χ1n) is 13.1. The molecule has 1 heteroatoms. The molecule has 0 aliphatic carbocycles. The lowest BCUT2D eigenvalue weighted by Crippen LogP contribution is -2.19. The highest BCUT2D eigenvalue weighted by atomic mass is 15.1. The zero-order valence-corrected chi connectivity index (χ0v) is 20.6. The highest BCUT2D eigenvalue weighted by Gasteiger charge is 1.95. The molecule has 0 fully saturated rings. The van der Waals surface area contributed by atoms with Gasteiger partial charge in [-0.15, -0.1) is 6.58 Å². The van der Waals surface area contributed by atoms with E-state index in [1.165, 1.54) is 116 Å². The normalized spacial score (nSPS) is 10.4. The minimum absolute atomic E-state index is 1.00. The van der Waals surface area contributed by atoms with Gasteiger partial charge in [-0.1, -0.05) is 115 Å². The van der Waals surface area contributed by atoms with Crippen LogP contribution in [0.25, 0.3) is 0 Å². The van der Waals surface area contributed by atoms with Crippen LogP contribution in [-0.2, 0) is 0 Å². The second-order valence-corrected chi connectivity index (χ2v) is 8.81. The minimum atomic E-state index is 1.00. The van der Waals surface area contributed by atoms with Crippen LogP contribution < -0.4 is 0 Å². The van der Waals surface area contributed by atoms with Crippen LogP contribution in [-0.4, -0.2) is 25.0 Å². The van der Waals surface area contributed by atoms with Crippen molar-refractivity contribution in [1.29, 1.82) is 0 Å². The Kier molecular flexibility index (Phi) is 24.8. The van der Waals surface area contributed by atoms with Gasteiger partial charge in [-0.2, -0.15) is 0 Å². The van der Waals surface area contributed by atoms with Crippen molar-refractivity contribution in [1.82, 2.24) is 4.90 Å². The van der Waals surface area contributed by atoms with Crippen LogP contribution in [0.3, 0.4) is 0 Å². The Bertz CT molecular complexity index is 470. The van der Waals surface area contributed by atoms with E-state index in [1.807, 2.05) is 6.08 Å². The summed E-state index contributed by atoms with van der Waals surface area (Å²) in [6.07, 6.45) is 27.2. The molecule has 0 aromatic heterocycles. The molecule has 0 atom stereocenters. The summed E-state index contributed by atoms with van der Waals surface area (Å²) in [4.78, 5) is 2.34. The number of nitrogens with zero attached hydrogens (tertiary/aromatic N) is 1. The molecule has 0 amide bonds. The molecule has 0 rings (SSSR count). The van der Waals surface area contributed by atoms with Gasteiger partial charge < -0.3 is 4.90 Å². The first kappa shape index (κ1) is 28.8. The highest BCUT2D eigenvalue weighted by molar-refractivity contribution is 5.25. The van der Waals surface area contributed by atoms with Crippen molar-refractivity contribution in [3.8, 4) is 23.7 Å². The molecule has 0 aliphatic rings. The lowest BCUT2D eigenvalue weighted by Gasteiger charge is -2.13. The van der Waals surface area contributed by atoms with E-state index in [2.05, 4.69) is 49.1 Å². The van der Waals surface area contributed by atoms with Crippen molar-refractivity contribution in [2.24, 2.45) is 0 Å². The Labute approximate surface area is 190 Å². The summed E-state index contributed by atoms with van der Waals surface area (Å²) in [5, 5.41) is 0. The summed E-state index contributed by atoms with van der Waals surface area (Å²) in [7, 11) is 2.17. The van der Waals surface area contributed by atoms with Crippen molar-refractivity contribution in [2.75, 3.05) is 20.1 Å². The summed E-state index contributed by atoms with van der Waals surface area (Å²) in [6.45, 7) is 8.27. The molecule has 0 saturated heterocycles. The van der Waals surface area contributed by atoms with E-state index in [0.717, 1.165) is 19.4 Å². The van der Waals surface area contributed by atoms with Gasteiger partial charge in [0.25, 0.3) is 0 Å². The molecular formula is C29H51N. The number of unbranched alkanes of at least 4 members (excludes halogenated alkanes) is 17. The number of hydrogen-bond donors (Lipinski definition) is 0. The third kappa shape index (κ3) is 24.9. The Morgan fingerprint density at radius 1 is 0.600 bits per heavy atom. The van der Waals surface area contributed by atoms with Crippen molar-refractivity contribution in [3.05, 3.63) is 12.7 Å². The molecular weight excluding hydrogens is 362 g/mol. The van der Waals surface area contributed by atoms with Gasteiger partial charge in [0, 0.05) is 19.4 Å². The van der Waals surface area contributed by atoms with Crippen LogP contribution >= 0.6 is 0 Å². The van der Waals surface area contributed by atoms with E-state index in [9.17, 15) is 0 Å². The molecule has 0 aliphatic heterocycles. The van der Waals surface area contributed by atoms with E-state index in [4.69, 9.17) is 0 Å². The lowest BCUT2D eigenvalue weighted by atomic mass is 10.1. The first-order chi connectivity index (χ1) is 14.8. The predicted molar refractivity (Wildman–Crippen MR) is 137 cm³/mol. The SMILES string of the molecule is C=CCN(C)CCCCCCCCCC#CC#CCCCCCCCCCCCC. The van der Waals surface area contributed by atoms with Crippen LogP contribution in [0.5, 0.6) is 0 Å². The molecule has 0 unspecified atom stereocenters. The van der Waals surface area contributed by atoms with Crippen LogP contribution in [0, 0.1) is 23.7 Å². The number of rotatable bonds is 21. The second-order valence-electron chi connectivity index (χ2n) is 8.81. The molecule has 0 spiro atoms. The van der Waals surface area contributed by atoms with Gasteiger partial charge in [0.05, 0.1) is 0 Å². The maximum atomic E-state index is 3.78. The highest BCUT2D eigenvalue weighted by Crippen LogP contribution is 2.11. The van der Waals surface area contributed by atoms with E-state index in [-0.39, 0.29) is 0 Å². The van der Waals surface area contributed by atoms with Crippen molar-refractivity contribution < 1.29 is 0 Å². The summed E-state index contributed by atoms with van der Waals surface area (Å²) in [5.74, 6) is 12.5. The zero-order chi connectivity index (χ0) is 22.0. The summed E-state index contributed by atoms with van der Waals surface area (Å²) in [5.41, 5.74) is 0. The van der Waals surface area contributed by atoms with E-state index < -0.39 is 0 Å². The Balaban J connectivity index is 3.27.